The van der Waals surface area contributed by atoms with Gasteiger partial charge in [-0.2, -0.15) is 0 Å². The predicted octanol–water partition coefficient (Wildman–Crippen LogP) is 3.46. The van der Waals surface area contributed by atoms with Crippen LogP contribution in [0.15, 0.2) is 30.3 Å². The van der Waals surface area contributed by atoms with Crippen molar-refractivity contribution in [3.63, 3.8) is 0 Å². The summed E-state index contributed by atoms with van der Waals surface area (Å²) in [5.41, 5.74) is 2.47. The number of ether oxygens (including phenoxy) is 1. The van der Waals surface area contributed by atoms with Gasteiger partial charge in [-0.15, -0.1) is 12.3 Å². The van der Waals surface area contributed by atoms with Gasteiger partial charge in [-0.1, -0.05) is 36.8 Å². The average molecular weight is 308 g/mol. The van der Waals surface area contributed by atoms with Crippen LogP contribution >= 0.6 is 0 Å². The van der Waals surface area contributed by atoms with Gasteiger partial charge in [0.15, 0.2) is 5.69 Å². The zero-order valence-electron chi connectivity index (χ0n) is 13.1. The minimum absolute atomic E-state index is 0.238. The zero-order valence-corrected chi connectivity index (χ0v) is 13.1. The molecule has 0 saturated heterocycles. The average Bonchev–Trinajstić information content (AvgIpc) is 2.77. The van der Waals surface area contributed by atoms with E-state index in [1.807, 2.05) is 30.3 Å². The summed E-state index contributed by atoms with van der Waals surface area (Å²) in [7, 11) is 0. The van der Waals surface area contributed by atoms with Gasteiger partial charge >= 0.3 is 5.97 Å². The van der Waals surface area contributed by atoms with Crippen molar-refractivity contribution in [2.75, 3.05) is 6.61 Å². The second kappa shape index (κ2) is 7.15. The van der Waals surface area contributed by atoms with E-state index in [4.69, 9.17) is 11.2 Å². The molecular formula is C19H20N2O2. The van der Waals surface area contributed by atoms with E-state index in [0.29, 0.717) is 12.1 Å². The number of hydrogen-bond donors (Lipinski definition) is 0. The monoisotopic (exact) mass is 308 g/mol. The molecule has 118 valence electrons. The summed E-state index contributed by atoms with van der Waals surface area (Å²) >= 11 is 0. The molecule has 0 amide bonds. The Morgan fingerprint density at radius 2 is 2.09 bits per heavy atom. The van der Waals surface area contributed by atoms with Crippen molar-refractivity contribution < 1.29 is 9.53 Å². The third-order valence-corrected chi connectivity index (χ3v) is 4.07. The summed E-state index contributed by atoms with van der Waals surface area (Å²) in [5.74, 6) is 2.96. The van der Waals surface area contributed by atoms with Crippen LogP contribution in [0.5, 0.6) is 0 Å². The third kappa shape index (κ3) is 3.29. The van der Waals surface area contributed by atoms with Gasteiger partial charge < -0.3 is 9.30 Å². The van der Waals surface area contributed by atoms with Gasteiger partial charge in [0.2, 0.25) is 0 Å². The number of hydrogen-bond acceptors (Lipinski definition) is 3. The van der Waals surface area contributed by atoms with Crippen LogP contribution in [0.2, 0.25) is 0 Å². The third-order valence-electron chi connectivity index (χ3n) is 4.07. The molecule has 0 unspecified atom stereocenters. The van der Waals surface area contributed by atoms with Gasteiger partial charge in [-0.3, -0.25) is 0 Å². The van der Waals surface area contributed by atoms with Gasteiger partial charge in [0.1, 0.15) is 12.4 Å². The molecular weight excluding hydrogens is 288 g/mol. The molecule has 1 aliphatic rings. The van der Waals surface area contributed by atoms with Gasteiger partial charge in [0, 0.05) is 18.5 Å². The van der Waals surface area contributed by atoms with Crippen molar-refractivity contribution in [1.29, 1.82) is 0 Å². The van der Waals surface area contributed by atoms with Crippen LogP contribution in [-0.2, 0) is 17.7 Å². The molecule has 2 heterocycles. The number of aromatic nitrogens is 2. The van der Waals surface area contributed by atoms with Crippen molar-refractivity contribution in [1.82, 2.24) is 9.55 Å². The van der Waals surface area contributed by atoms with Crippen molar-refractivity contribution in [2.45, 2.75) is 38.6 Å². The Morgan fingerprint density at radius 1 is 1.26 bits per heavy atom. The van der Waals surface area contributed by atoms with E-state index < -0.39 is 0 Å². The molecule has 1 aromatic heterocycles. The molecule has 0 fully saturated rings. The number of rotatable bonds is 4. The van der Waals surface area contributed by atoms with Gasteiger partial charge in [0.05, 0.1) is 5.69 Å². The predicted molar refractivity (Wildman–Crippen MR) is 89.0 cm³/mol. The summed E-state index contributed by atoms with van der Waals surface area (Å²) < 4.78 is 7.45. The number of esters is 1. The molecule has 1 aromatic carbocycles. The highest BCUT2D eigenvalue weighted by Crippen LogP contribution is 2.27. The van der Waals surface area contributed by atoms with Crippen LogP contribution < -0.4 is 0 Å². The SMILES string of the molecule is C#CCCOC(=O)c1nc(-c2ccccc2)n2c1CCCCC2. The minimum atomic E-state index is -0.368. The molecule has 3 rings (SSSR count). The highest BCUT2D eigenvalue weighted by atomic mass is 16.5. The number of nitrogens with zero attached hydrogens (tertiary/aromatic N) is 2. The number of imidazole rings is 1. The van der Waals surface area contributed by atoms with Crippen molar-refractivity contribution >= 4 is 5.97 Å². The molecule has 23 heavy (non-hydrogen) atoms. The van der Waals surface area contributed by atoms with E-state index in [9.17, 15) is 4.79 Å². The summed E-state index contributed by atoms with van der Waals surface area (Å²) in [6.07, 6.45) is 9.84. The molecule has 2 aromatic rings. The van der Waals surface area contributed by atoms with Crippen molar-refractivity contribution in [3.8, 4) is 23.7 Å². The number of carbonyl (C=O) groups is 1. The summed E-state index contributed by atoms with van der Waals surface area (Å²) in [5, 5.41) is 0. The normalized spacial score (nSPS) is 13.7. The zero-order chi connectivity index (χ0) is 16.1. The van der Waals surface area contributed by atoms with Crippen LogP contribution in [0.4, 0.5) is 0 Å². The van der Waals surface area contributed by atoms with Gasteiger partial charge in [-0.05, 0) is 19.3 Å². The quantitative estimate of drug-likeness (QED) is 0.493. The maximum atomic E-state index is 12.4. The summed E-state index contributed by atoms with van der Waals surface area (Å²) in [6.45, 7) is 1.13. The highest BCUT2D eigenvalue weighted by Gasteiger charge is 2.25. The van der Waals surface area contributed by atoms with Crippen molar-refractivity contribution in [2.24, 2.45) is 0 Å². The van der Waals surface area contributed by atoms with Crippen LogP contribution in [0.3, 0.4) is 0 Å². The van der Waals surface area contributed by atoms with Crippen LogP contribution in [-0.4, -0.2) is 22.1 Å². The fourth-order valence-electron chi connectivity index (χ4n) is 2.96. The van der Waals surface area contributed by atoms with E-state index in [-0.39, 0.29) is 12.6 Å². The minimum Gasteiger partial charge on any atom is -0.460 e. The van der Waals surface area contributed by atoms with Gasteiger partial charge in [0.25, 0.3) is 0 Å². The Bertz CT molecular complexity index is 726. The second-order valence-electron chi connectivity index (χ2n) is 5.65. The molecule has 4 nitrogen and oxygen atoms in total. The number of terminal acetylenes is 1. The molecule has 4 heteroatoms. The fourth-order valence-corrected chi connectivity index (χ4v) is 2.96. The Labute approximate surface area is 136 Å². The first-order valence-corrected chi connectivity index (χ1v) is 8.06. The molecule has 0 saturated carbocycles. The molecule has 0 N–H and O–H groups in total. The molecule has 0 bridgehead atoms. The van der Waals surface area contributed by atoms with Crippen LogP contribution in [0.1, 0.15) is 41.9 Å². The van der Waals surface area contributed by atoms with Crippen LogP contribution in [0, 0.1) is 12.3 Å². The molecule has 0 aliphatic carbocycles. The maximum absolute atomic E-state index is 12.4. The fraction of sp³-hybridized carbons (Fsp3) is 0.368. The van der Waals surface area contributed by atoms with Crippen LogP contribution in [0.25, 0.3) is 11.4 Å². The molecule has 0 spiro atoms. The Hall–Kier alpha value is -2.54. The molecule has 0 radical (unpaired) electrons. The number of benzene rings is 1. The smallest absolute Gasteiger partial charge is 0.358 e. The summed E-state index contributed by atoms with van der Waals surface area (Å²) in [4.78, 5) is 17.0. The Morgan fingerprint density at radius 3 is 2.87 bits per heavy atom. The van der Waals surface area contributed by atoms with E-state index in [2.05, 4.69) is 15.5 Å². The van der Waals surface area contributed by atoms with Gasteiger partial charge in [-0.25, -0.2) is 9.78 Å². The lowest BCUT2D eigenvalue weighted by Gasteiger charge is -2.08. The molecule has 0 atom stereocenters. The van der Waals surface area contributed by atoms with E-state index >= 15 is 0 Å². The van der Waals surface area contributed by atoms with Crippen molar-refractivity contribution in [3.05, 3.63) is 41.7 Å². The van der Waals surface area contributed by atoms with E-state index in [0.717, 1.165) is 42.9 Å². The Balaban J connectivity index is 1.98. The topological polar surface area (TPSA) is 44.1 Å². The highest BCUT2D eigenvalue weighted by molar-refractivity contribution is 5.89. The number of carbonyl (C=O) groups excluding carboxylic acids is 1. The van der Waals surface area contributed by atoms with E-state index in [1.54, 1.807) is 0 Å². The first-order valence-electron chi connectivity index (χ1n) is 8.06. The van der Waals surface area contributed by atoms with E-state index in [1.165, 1.54) is 6.42 Å². The summed E-state index contributed by atoms with van der Waals surface area (Å²) in [6, 6.07) is 9.99. The largest absolute Gasteiger partial charge is 0.460 e. The standard InChI is InChI=1S/C19H20N2O2/c1-2-3-14-23-19(22)17-16-12-8-5-9-13-21(16)18(20-17)15-10-6-4-7-11-15/h1,4,6-7,10-11H,3,5,8-9,12-14H2. The lowest BCUT2D eigenvalue weighted by Crippen LogP contribution is -2.10. The lowest BCUT2D eigenvalue weighted by molar-refractivity contribution is 0.0506. The number of fused-ring (bicyclic) bond motifs is 1. The maximum Gasteiger partial charge on any atom is 0.358 e. The second-order valence-corrected chi connectivity index (χ2v) is 5.65. The first kappa shape index (κ1) is 15.4. The first-order chi connectivity index (χ1) is 11.3. The molecule has 1 aliphatic heterocycles. The lowest BCUT2D eigenvalue weighted by atomic mass is 10.1. The Kier molecular flexibility index (Phi) is 4.77.